The van der Waals surface area contributed by atoms with Gasteiger partial charge in [-0.1, -0.05) is 0 Å². The van der Waals surface area contributed by atoms with Crippen LogP contribution in [0.15, 0.2) is 18.5 Å². The van der Waals surface area contributed by atoms with E-state index >= 15 is 0 Å². The number of nitrogens with zero attached hydrogens (tertiary/aromatic N) is 1. The number of nitrogens with one attached hydrogen (secondary N) is 1. The van der Waals surface area contributed by atoms with Gasteiger partial charge in [-0.05, 0) is 19.9 Å². The van der Waals surface area contributed by atoms with Crippen molar-refractivity contribution in [1.82, 2.24) is 4.98 Å². The van der Waals surface area contributed by atoms with E-state index < -0.39 is 11.4 Å². The highest BCUT2D eigenvalue weighted by atomic mass is 16.4. The number of aliphatic carboxylic acids is 1. The van der Waals surface area contributed by atoms with Crippen LogP contribution in [0.2, 0.25) is 0 Å². The second kappa shape index (κ2) is 4.38. The van der Waals surface area contributed by atoms with Crippen LogP contribution in [0.25, 0.3) is 0 Å². The molecule has 0 atom stereocenters. The van der Waals surface area contributed by atoms with Gasteiger partial charge in [0.1, 0.15) is 0 Å². The molecule has 1 rings (SSSR count). The highest BCUT2D eigenvalue weighted by Gasteiger charge is 2.31. The Morgan fingerprint density at radius 1 is 1.50 bits per heavy atom. The second-order valence-corrected chi connectivity index (χ2v) is 4.39. The molecule has 0 aliphatic heterocycles. The van der Waals surface area contributed by atoms with E-state index in [9.17, 15) is 9.59 Å². The third-order valence-corrected chi connectivity index (χ3v) is 2.52. The Balaban J connectivity index is 2.70. The number of hydrogen-bond acceptors (Lipinski definition) is 2. The van der Waals surface area contributed by atoms with E-state index in [2.05, 4.69) is 4.98 Å². The van der Waals surface area contributed by atoms with E-state index in [-0.39, 0.29) is 12.3 Å². The number of aromatic amines is 1. The number of carboxylic acids is 1. The van der Waals surface area contributed by atoms with Gasteiger partial charge in [0.05, 0.1) is 11.1 Å². The standard InChI is InChI=1S/C11H16N2O3/c1-11(2,10(15)16)6-9(14)13(3)8-4-5-12-7-8/h4-5,7,12H,6H2,1-3H3,(H,15,16). The fourth-order valence-electron chi connectivity index (χ4n) is 1.24. The van der Waals surface area contributed by atoms with E-state index in [0.29, 0.717) is 0 Å². The third kappa shape index (κ3) is 2.62. The van der Waals surface area contributed by atoms with Crippen LogP contribution in [-0.4, -0.2) is 29.0 Å². The summed E-state index contributed by atoms with van der Waals surface area (Å²) in [7, 11) is 1.63. The molecule has 0 fully saturated rings. The number of aromatic nitrogens is 1. The molecule has 2 N–H and O–H groups in total. The SMILES string of the molecule is CN(C(=O)CC(C)(C)C(=O)O)c1cc[nH]c1. The Bertz CT molecular complexity index is 382. The molecule has 1 aromatic heterocycles. The highest BCUT2D eigenvalue weighted by Crippen LogP contribution is 2.23. The first-order chi connectivity index (χ1) is 7.34. The summed E-state index contributed by atoms with van der Waals surface area (Å²) < 4.78 is 0. The molecular weight excluding hydrogens is 208 g/mol. The molecule has 0 spiro atoms. The van der Waals surface area contributed by atoms with Gasteiger partial charge >= 0.3 is 5.97 Å². The van der Waals surface area contributed by atoms with Gasteiger partial charge in [0.2, 0.25) is 5.91 Å². The molecule has 0 saturated heterocycles. The first kappa shape index (κ1) is 12.3. The quantitative estimate of drug-likeness (QED) is 0.813. The summed E-state index contributed by atoms with van der Waals surface area (Å²) in [6, 6.07) is 1.76. The molecule has 1 aromatic rings. The summed E-state index contributed by atoms with van der Waals surface area (Å²) >= 11 is 0. The lowest BCUT2D eigenvalue weighted by Gasteiger charge is -2.22. The number of rotatable bonds is 4. The molecule has 1 amide bonds. The average molecular weight is 224 g/mol. The van der Waals surface area contributed by atoms with Crippen molar-refractivity contribution < 1.29 is 14.7 Å². The lowest BCUT2D eigenvalue weighted by atomic mass is 9.89. The topological polar surface area (TPSA) is 73.4 Å². The van der Waals surface area contributed by atoms with Crippen molar-refractivity contribution in [2.45, 2.75) is 20.3 Å². The molecule has 0 aliphatic rings. The van der Waals surface area contributed by atoms with Gasteiger partial charge < -0.3 is 15.0 Å². The van der Waals surface area contributed by atoms with Crippen LogP contribution in [0.3, 0.4) is 0 Å². The van der Waals surface area contributed by atoms with Crippen LogP contribution in [0.4, 0.5) is 5.69 Å². The number of anilines is 1. The summed E-state index contributed by atoms with van der Waals surface area (Å²) in [6.45, 7) is 3.08. The van der Waals surface area contributed by atoms with Gasteiger partial charge in [-0.15, -0.1) is 0 Å². The Hall–Kier alpha value is -1.78. The lowest BCUT2D eigenvalue weighted by molar-refractivity contribution is -0.149. The number of amides is 1. The molecule has 5 nitrogen and oxygen atoms in total. The Labute approximate surface area is 94.1 Å². The fraction of sp³-hybridized carbons (Fsp3) is 0.455. The molecule has 1 heterocycles. The van der Waals surface area contributed by atoms with Gasteiger partial charge in [-0.25, -0.2) is 0 Å². The van der Waals surface area contributed by atoms with Gasteiger partial charge in [-0.2, -0.15) is 0 Å². The minimum absolute atomic E-state index is 0.0238. The normalized spacial score (nSPS) is 11.2. The van der Waals surface area contributed by atoms with Crippen LogP contribution >= 0.6 is 0 Å². The second-order valence-electron chi connectivity index (χ2n) is 4.39. The average Bonchev–Trinajstić information content (AvgIpc) is 2.68. The van der Waals surface area contributed by atoms with Crippen LogP contribution in [0.1, 0.15) is 20.3 Å². The van der Waals surface area contributed by atoms with E-state index in [0.717, 1.165) is 5.69 Å². The maximum absolute atomic E-state index is 11.8. The van der Waals surface area contributed by atoms with Crippen molar-refractivity contribution in [1.29, 1.82) is 0 Å². The minimum Gasteiger partial charge on any atom is -0.481 e. The molecule has 16 heavy (non-hydrogen) atoms. The molecule has 0 unspecified atom stereocenters. The van der Waals surface area contributed by atoms with Gasteiger partial charge in [0.25, 0.3) is 0 Å². The van der Waals surface area contributed by atoms with Crippen LogP contribution in [-0.2, 0) is 9.59 Å². The maximum Gasteiger partial charge on any atom is 0.309 e. The van der Waals surface area contributed by atoms with Crippen molar-refractivity contribution in [3.63, 3.8) is 0 Å². The van der Waals surface area contributed by atoms with E-state index in [4.69, 9.17) is 5.11 Å². The van der Waals surface area contributed by atoms with Crippen molar-refractivity contribution in [3.05, 3.63) is 18.5 Å². The zero-order valence-corrected chi connectivity index (χ0v) is 9.65. The van der Waals surface area contributed by atoms with Gasteiger partial charge in [0, 0.05) is 25.9 Å². The molecule has 0 radical (unpaired) electrons. The number of H-pyrrole nitrogens is 1. The summed E-state index contributed by atoms with van der Waals surface area (Å²) in [5.41, 5.74) is -0.312. The smallest absolute Gasteiger partial charge is 0.309 e. The molecule has 0 aromatic carbocycles. The first-order valence-electron chi connectivity index (χ1n) is 4.97. The Morgan fingerprint density at radius 3 is 2.56 bits per heavy atom. The molecule has 0 saturated carbocycles. The van der Waals surface area contributed by atoms with Gasteiger partial charge in [-0.3, -0.25) is 9.59 Å². The van der Waals surface area contributed by atoms with Crippen LogP contribution in [0, 0.1) is 5.41 Å². The zero-order valence-electron chi connectivity index (χ0n) is 9.65. The highest BCUT2D eigenvalue weighted by molar-refractivity contribution is 5.95. The van der Waals surface area contributed by atoms with Crippen molar-refractivity contribution >= 4 is 17.6 Å². The summed E-state index contributed by atoms with van der Waals surface area (Å²) in [5, 5.41) is 8.93. The molecule has 0 bridgehead atoms. The van der Waals surface area contributed by atoms with Crippen molar-refractivity contribution in [3.8, 4) is 0 Å². The minimum atomic E-state index is -1.04. The van der Waals surface area contributed by atoms with Crippen LogP contribution < -0.4 is 4.90 Å². The largest absolute Gasteiger partial charge is 0.481 e. The van der Waals surface area contributed by atoms with Crippen molar-refractivity contribution in [2.75, 3.05) is 11.9 Å². The zero-order chi connectivity index (χ0) is 12.3. The summed E-state index contributed by atoms with van der Waals surface area (Å²) in [6.07, 6.45) is 3.37. The van der Waals surface area contributed by atoms with Gasteiger partial charge in [0.15, 0.2) is 0 Å². The summed E-state index contributed by atoms with van der Waals surface area (Å²) in [5.74, 6) is -1.18. The number of carboxylic acid groups (broad SMARTS) is 1. The fourth-order valence-corrected chi connectivity index (χ4v) is 1.24. The molecule has 88 valence electrons. The molecular formula is C11H16N2O3. The predicted molar refractivity (Wildman–Crippen MR) is 60.2 cm³/mol. The van der Waals surface area contributed by atoms with Crippen LogP contribution in [0.5, 0.6) is 0 Å². The van der Waals surface area contributed by atoms with Crippen molar-refractivity contribution in [2.24, 2.45) is 5.41 Å². The lowest BCUT2D eigenvalue weighted by Crippen LogP contribution is -2.34. The Morgan fingerprint density at radius 2 is 2.12 bits per heavy atom. The molecule has 5 heteroatoms. The maximum atomic E-state index is 11.8. The monoisotopic (exact) mass is 224 g/mol. The van der Waals surface area contributed by atoms with E-state index in [1.807, 2.05) is 0 Å². The number of carbonyl (C=O) groups excluding carboxylic acids is 1. The Kier molecular flexibility index (Phi) is 3.37. The van der Waals surface area contributed by atoms with E-state index in [1.165, 1.54) is 18.7 Å². The number of hydrogen-bond donors (Lipinski definition) is 2. The third-order valence-electron chi connectivity index (χ3n) is 2.52. The summed E-state index contributed by atoms with van der Waals surface area (Å²) in [4.78, 5) is 27.0. The number of carbonyl (C=O) groups is 2. The first-order valence-corrected chi connectivity index (χ1v) is 4.97. The van der Waals surface area contributed by atoms with E-state index in [1.54, 1.807) is 25.5 Å². The molecule has 0 aliphatic carbocycles. The predicted octanol–water partition coefficient (Wildman–Crippen LogP) is 1.48.